The Labute approximate surface area is 345 Å². The van der Waals surface area contributed by atoms with Gasteiger partial charge in [-0.1, -0.05) is 43.7 Å². The zero-order chi connectivity index (χ0) is 47.9. The fourth-order valence-corrected chi connectivity index (χ4v) is 6.82. The van der Waals surface area contributed by atoms with Gasteiger partial charge in [0.1, 0.15) is 58.4 Å². The molecule has 1 aromatic heterocycles. The smallest absolute Gasteiger partial charge is 0.227 e. The lowest BCUT2D eigenvalue weighted by molar-refractivity contribution is -0.684. The quantitative estimate of drug-likeness (QED) is 0.0346. The van der Waals surface area contributed by atoms with E-state index in [4.69, 9.17) is 0 Å². The summed E-state index contributed by atoms with van der Waals surface area (Å²) >= 11 is 0. The Balaban J connectivity index is 0.000000337. The first-order chi connectivity index (χ1) is 30.0. The van der Waals surface area contributed by atoms with Crippen molar-refractivity contribution in [3.63, 3.8) is 0 Å². The van der Waals surface area contributed by atoms with Crippen molar-refractivity contribution in [2.45, 2.75) is 32.7 Å². The van der Waals surface area contributed by atoms with Crippen LogP contribution in [0.1, 0.15) is 35.8 Å². The average molecular weight is 934 g/mol. The van der Waals surface area contributed by atoms with Gasteiger partial charge in [0.15, 0.2) is 82.2 Å². The number of halogens is 20. The number of aromatic nitrogens is 2. The van der Waals surface area contributed by atoms with Gasteiger partial charge in [-0.3, -0.25) is 4.79 Å². The van der Waals surface area contributed by atoms with Crippen molar-refractivity contribution < 1.29 is 97.2 Å². The van der Waals surface area contributed by atoms with E-state index in [0.29, 0.717) is 6.54 Å². The van der Waals surface area contributed by atoms with E-state index in [0.717, 1.165) is 30.5 Å². The molecular weight excluding hydrogens is 915 g/mol. The van der Waals surface area contributed by atoms with E-state index in [9.17, 15) is 57.5 Å². The highest BCUT2D eigenvalue weighted by molar-refractivity contribution is 7.20. The molecule has 0 fully saturated rings. The van der Waals surface area contributed by atoms with Crippen LogP contribution in [-0.2, 0) is 13.0 Å². The third kappa shape index (κ3) is 8.01. The monoisotopic (exact) mass is 934 g/mol. The van der Waals surface area contributed by atoms with Gasteiger partial charge in [-0.15, -0.1) is 21.9 Å². The van der Waals surface area contributed by atoms with Gasteiger partial charge in [-0.25, -0.2) is 92.8 Å². The molecule has 0 aliphatic rings. The van der Waals surface area contributed by atoms with Crippen LogP contribution in [0.3, 0.4) is 0 Å². The second-order valence-corrected chi connectivity index (χ2v) is 13.4. The number of aryl methyl sites for hydroxylation is 1. The number of hydrogen-bond acceptors (Lipinski definition) is 2. The van der Waals surface area contributed by atoms with Gasteiger partial charge in [0.25, 0.3) is 0 Å². The Bertz CT molecular complexity index is 2440. The van der Waals surface area contributed by atoms with Gasteiger partial charge in [-0.05, 0) is 12.8 Å². The highest BCUT2D eigenvalue weighted by Crippen LogP contribution is 2.30. The largest absolute Gasteiger partial charge is 0.287 e. The lowest BCUT2D eigenvalue weighted by Gasteiger charge is -2.44. The second-order valence-electron chi connectivity index (χ2n) is 13.4. The summed E-state index contributed by atoms with van der Waals surface area (Å²) in [4.78, 5) is 16.4. The molecule has 0 atom stereocenters. The molecule has 0 aliphatic carbocycles. The van der Waals surface area contributed by atoms with E-state index >= 15 is 35.1 Å². The lowest BCUT2D eigenvalue weighted by atomic mass is 9.12. The molecule has 64 heavy (non-hydrogen) atoms. The molecular formula is C40H19BF20N2O. The van der Waals surface area contributed by atoms with Gasteiger partial charge in [0, 0.05) is 5.56 Å². The van der Waals surface area contributed by atoms with Gasteiger partial charge >= 0.3 is 0 Å². The number of rotatable bonds is 10. The number of carbonyl (C=O) groups excluding carboxylic acids is 1. The fraction of sp³-hybridized carbons (Fsp3) is 0.125. The first-order valence-electron chi connectivity index (χ1n) is 17.6. The summed E-state index contributed by atoms with van der Waals surface area (Å²) in [5.41, 5.74) is -12.5. The molecule has 0 N–H and O–H groups in total. The van der Waals surface area contributed by atoms with E-state index in [1.54, 1.807) is 6.20 Å². The van der Waals surface area contributed by atoms with Gasteiger partial charge in [0.2, 0.25) is 12.3 Å². The number of Topliss-reactive ketones (excluding diaryl/α,β-unsaturated/α-hetero) is 1. The van der Waals surface area contributed by atoms with Gasteiger partial charge in [0.05, 0.1) is 6.20 Å². The van der Waals surface area contributed by atoms with Crippen molar-refractivity contribution in [1.82, 2.24) is 4.98 Å². The maximum atomic E-state index is 15.4. The van der Waals surface area contributed by atoms with Crippen molar-refractivity contribution >= 4 is 33.8 Å². The molecule has 0 unspecified atom stereocenters. The van der Waals surface area contributed by atoms with E-state index in [1.807, 2.05) is 47.3 Å². The molecule has 24 heteroatoms. The highest BCUT2D eigenvalue weighted by Gasteiger charge is 2.52. The van der Waals surface area contributed by atoms with Crippen molar-refractivity contribution in [2.24, 2.45) is 0 Å². The van der Waals surface area contributed by atoms with E-state index in [1.165, 1.54) is 0 Å². The second kappa shape index (κ2) is 18.7. The van der Waals surface area contributed by atoms with Crippen LogP contribution in [0.4, 0.5) is 87.8 Å². The number of benzene rings is 5. The van der Waals surface area contributed by atoms with Crippen LogP contribution in [-0.4, -0.2) is 16.9 Å². The van der Waals surface area contributed by atoms with Crippen LogP contribution >= 0.6 is 0 Å². The molecule has 5 aromatic carbocycles. The molecule has 0 saturated carbocycles. The highest BCUT2D eigenvalue weighted by atomic mass is 19.2. The molecule has 0 aliphatic heterocycles. The Morgan fingerprint density at radius 3 is 1.06 bits per heavy atom. The van der Waals surface area contributed by atoms with Crippen molar-refractivity contribution in [3.8, 4) is 0 Å². The Morgan fingerprint density at radius 2 is 0.766 bits per heavy atom. The molecule has 338 valence electrons. The third-order valence-electron chi connectivity index (χ3n) is 9.73. The van der Waals surface area contributed by atoms with Crippen LogP contribution in [0.5, 0.6) is 0 Å². The minimum Gasteiger partial charge on any atom is -0.287 e. The number of ketones is 1. The lowest BCUT2D eigenvalue weighted by Crippen LogP contribution is -2.81. The summed E-state index contributed by atoms with van der Waals surface area (Å²) < 4.78 is 296. The Kier molecular flexibility index (Phi) is 14.2. The number of hydrogen-bond donors (Lipinski definition) is 0. The number of nitrogens with zero attached hydrogens (tertiary/aromatic N) is 2. The molecule has 6 aromatic rings. The standard InChI is InChI=1S/C24BF20.C16H19N2O/c26-5-1(6(27)14(35)21(42)13(5)34)25(2-7(28)15(36)22(43)16(37)8(2)29,3-9(30)17(38)23(44)18(39)10(3)31)4-11(32)19(40)24(45)20(41)12(4)33;1-2-3-9-15-12-18(11-10-17-15)13-16(19)14-7-5-4-6-8-14/h;4-8,10-12H,2-3,9,13H2,1H3/q-1;+1. The minimum atomic E-state index is -7.22. The number of carbonyl (C=O) groups is 1. The fourth-order valence-electron chi connectivity index (χ4n) is 6.82. The molecule has 0 spiro atoms. The third-order valence-corrected chi connectivity index (χ3v) is 9.73. The van der Waals surface area contributed by atoms with E-state index in [2.05, 4.69) is 11.9 Å². The molecule has 1 heterocycles. The molecule has 0 saturated heterocycles. The van der Waals surface area contributed by atoms with E-state index < -0.39 is 144 Å². The average Bonchev–Trinajstić information content (AvgIpc) is 3.28. The topological polar surface area (TPSA) is 33.8 Å². The molecule has 0 radical (unpaired) electrons. The van der Waals surface area contributed by atoms with Crippen molar-refractivity contribution in [3.05, 3.63) is 177 Å². The summed E-state index contributed by atoms with van der Waals surface area (Å²) in [5.74, 6) is -71.3. The van der Waals surface area contributed by atoms with Gasteiger partial charge in [-0.2, -0.15) is 4.57 Å². The summed E-state index contributed by atoms with van der Waals surface area (Å²) in [7, 11) is 0. The van der Waals surface area contributed by atoms with Crippen LogP contribution in [0.25, 0.3) is 0 Å². The summed E-state index contributed by atoms with van der Waals surface area (Å²) in [6.45, 7) is 2.53. The maximum absolute atomic E-state index is 15.4. The van der Waals surface area contributed by atoms with Crippen LogP contribution in [0.2, 0.25) is 0 Å². The van der Waals surface area contributed by atoms with Crippen LogP contribution in [0.15, 0.2) is 48.9 Å². The number of unbranched alkanes of at least 4 members (excludes halogenated alkanes) is 1. The zero-order valence-electron chi connectivity index (χ0n) is 31.4. The van der Waals surface area contributed by atoms with Crippen LogP contribution in [0, 0.1) is 116 Å². The van der Waals surface area contributed by atoms with Crippen molar-refractivity contribution in [2.75, 3.05) is 0 Å². The first kappa shape index (κ1) is 48.5. The SMILES string of the molecule is CCCCc1c[n+](CC(=O)c2ccccc2)ccn1.Fc1c(F)c(F)c([B-](c2c(F)c(F)c(F)c(F)c2F)(c2c(F)c(F)c(F)c(F)c2F)c2c(F)c(F)c(F)c(F)c2F)c(F)c1F. The van der Waals surface area contributed by atoms with E-state index in [-0.39, 0.29) is 5.78 Å². The summed E-state index contributed by atoms with van der Waals surface area (Å²) in [6, 6.07) is 9.39. The Hall–Kier alpha value is -6.49. The van der Waals surface area contributed by atoms with Crippen LogP contribution < -0.4 is 26.4 Å². The molecule has 3 nitrogen and oxygen atoms in total. The predicted octanol–water partition coefficient (Wildman–Crippen LogP) is 8.44. The Morgan fingerprint density at radius 1 is 0.469 bits per heavy atom. The summed E-state index contributed by atoms with van der Waals surface area (Å²) in [5, 5.41) is 0. The normalized spacial score (nSPS) is 11.5. The zero-order valence-corrected chi connectivity index (χ0v) is 31.4. The molecule has 0 amide bonds. The predicted molar refractivity (Wildman–Crippen MR) is 183 cm³/mol. The molecule has 6 rings (SSSR count). The molecule has 0 bridgehead atoms. The summed E-state index contributed by atoms with van der Waals surface area (Å²) in [6.07, 6.45) is 1.61. The first-order valence-corrected chi connectivity index (χ1v) is 17.6. The van der Waals surface area contributed by atoms with Crippen molar-refractivity contribution in [1.29, 1.82) is 0 Å². The maximum Gasteiger partial charge on any atom is 0.227 e. The van der Waals surface area contributed by atoms with Gasteiger partial charge < -0.3 is 0 Å². The minimum absolute atomic E-state index is 0.123.